The number of nitrogens with zero attached hydrogens (tertiary/aromatic N) is 4. The smallest absolute Gasteiger partial charge is 0.233 e. The molecule has 1 amide bonds. The number of thioether (sulfide) groups is 1. The second kappa shape index (κ2) is 8.92. The van der Waals surface area contributed by atoms with Crippen LogP contribution in [-0.4, -0.2) is 69.3 Å². The van der Waals surface area contributed by atoms with Gasteiger partial charge in [-0.3, -0.25) is 9.36 Å². The van der Waals surface area contributed by atoms with Crippen LogP contribution in [0, 0.1) is 6.92 Å². The number of amides is 1. The fourth-order valence-corrected chi connectivity index (χ4v) is 6.96. The van der Waals surface area contributed by atoms with Gasteiger partial charge in [0.15, 0.2) is 20.8 Å². The average molecular weight is 496 g/mol. The molecule has 0 bridgehead atoms. The Morgan fingerprint density at radius 2 is 2.03 bits per heavy atom. The van der Waals surface area contributed by atoms with Crippen LogP contribution in [0.3, 0.4) is 0 Å². The number of aromatic amines is 1. The van der Waals surface area contributed by atoms with Gasteiger partial charge in [-0.1, -0.05) is 42.1 Å². The molecule has 0 aliphatic carbocycles. The van der Waals surface area contributed by atoms with Crippen LogP contribution in [0.1, 0.15) is 12.0 Å². The number of sulfone groups is 1. The number of carbonyl (C=O) groups excluding carboxylic acids is 1. The summed E-state index contributed by atoms with van der Waals surface area (Å²) in [4.78, 5) is 17.7. The zero-order valence-electron chi connectivity index (χ0n) is 18.9. The fraction of sp³-hybridized carbons (Fsp3) is 0.292. The van der Waals surface area contributed by atoms with Crippen LogP contribution in [0.2, 0.25) is 0 Å². The van der Waals surface area contributed by atoms with Gasteiger partial charge in [-0.15, -0.1) is 10.2 Å². The highest BCUT2D eigenvalue weighted by Crippen LogP contribution is 2.32. The molecule has 2 aromatic heterocycles. The molecule has 1 atom stereocenters. The van der Waals surface area contributed by atoms with Crippen LogP contribution < -0.4 is 0 Å². The maximum absolute atomic E-state index is 12.9. The van der Waals surface area contributed by atoms with E-state index in [0.29, 0.717) is 17.4 Å². The Bertz CT molecular complexity index is 1470. The van der Waals surface area contributed by atoms with Crippen LogP contribution in [0.25, 0.3) is 28.0 Å². The van der Waals surface area contributed by atoms with E-state index in [2.05, 4.69) is 21.2 Å². The van der Waals surface area contributed by atoms with Crippen LogP contribution in [0.4, 0.5) is 0 Å². The predicted octanol–water partition coefficient (Wildman–Crippen LogP) is 3.46. The molecule has 0 radical (unpaired) electrons. The molecular weight excluding hydrogens is 470 g/mol. The summed E-state index contributed by atoms with van der Waals surface area (Å²) in [5.41, 5.74) is 3.95. The Kier molecular flexibility index (Phi) is 5.95. The first kappa shape index (κ1) is 22.7. The van der Waals surface area contributed by atoms with E-state index in [1.54, 1.807) is 11.9 Å². The first-order valence-electron chi connectivity index (χ1n) is 11.0. The van der Waals surface area contributed by atoms with Gasteiger partial charge < -0.3 is 9.88 Å². The summed E-state index contributed by atoms with van der Waals surface area (Å²) in [6.45, 7) is 2.03. The Balaban J connectivity index is 1.46. The lowest BCUT2D eigenvalue weighted by Gasteiger charge is -2.23. The second-order valence-electron chi connectivity index (χ2n) is 8.58. The Morgan fingerprint density at radius 1 is 1.21 bits per heavy atom. The average Bonchev–Trinajstić information content (AvgIpc) is 3.52. The molecule has 1 N–H and O–H groups in total. The van der Waals surface area contributed by atoms with Gasteiger partial charge in [0.25, 0.3) is 0 Å². The SMILES string of the molecule is Cc1cccc(-n2c(SCC(=O)N(C)[C@H]3CCS(=O)(=O)C3)nnc2-c2c[nH]c3ccccc23)c1. The fourth-order valence-electron chi connectivity index (χ4n) is 4.31. The molecule has 176 valence electrons. The van der Waals surface area contributed by atoms with Crippen molar-refractivity contribution in [1.82, 2.24) is 24.6 Å². The minimum Gasteiger partial charge on any atom is -0.360 e. The number of benzene rings is 2. The van der Waals surface area contributed by atoms with Crippen LogP contribution in [0.15, 0.2) is 59.9 Å². The lowest BCUT2D eigenvalue weighted by atomic mass is 10.1. The van der Waals surface area contributed by atoms with Crippen molar-refractivity contribution in [3.05, 3.63) is 60.3 Å². The summed E-state index contributed by atoms with van der Waals surface area (Å²) in [7, 11) is -1.38. The van der Waals surface area contributed by atoms with E-state index >= 15 is 0 Å². The standard InChI is InChI=1S/C24H25N5O3S2/c1-16-6-5-7-17(12-16)29-23(20-13-25-21-9-4-3-8-19(20)21)26-27-24(29)33-14-22(30)28(2)18-10-11-34(31,32)15-18/h3-9,12-13,18,25H,10-11,14-15H2,1-2H3/t18-/m0/s1. The molecule has 8 nitrogen and oxygen atoms in total. The lowest BCUT2D eigenvalue weighted by Crippen LogP contribution is -2.38. The highest BCUT2D eigenvalue weighted by Gasteiger charge is 2.33. The molecule has 5 rings (SSSR count). The lowest BCUT2D eigenvalue weighted by molar-refractivity contribution is -0.128. The van der Waals surface area contributed by atoms with Crippen molar-refractivity contribution in [2.24, 2.45) is 0 Å². The van der Waals surface area contributed by atoms with Gasteiger partial charge in [0.05, 0.1) is 17.3 Å². The van der Waals surface area contributed by atoms with E-state index in [9.17, 15) is 13.2 Å². The van der Waals surface area contributed by atoms with Crippen LogP contribution in [-0.2, 0) is 14.6 Å². The van der Waals surface area contributed by atoms with Crippen molar-refractivity contribution in [2.75, 3.05) is 24.3 Å². The third-order valence-corrected chi connectivity index (χ3v) is 8.86. The Hall–Kier alpha value is -3.11. The number of fused-ring (bicyclic) bond motifs is 1. The highest BCUT2D eigenvalue weighted by molar-refractivity contribution is 7.99. The maximum atomic E-state index is 12.9. The number of aromatic nitrogens is 4. The van der Waals surface area contributed by atoms with E-state index in [1.165, 1.54) is 11.8 Å². The number of hydrogen-bond donors (Lipinski definition) is 1. The van der Waals surface area contributed by atoms with Gasteiger partial charge in [-0.2, -0.15) is 0 Å². The predicted molar refractivity (Wildman–Crippen MR) is 134 cm³/mol. The van der Waals surface area contributed by atoms with Gasteiger partial charge in [0, 0.05) is 41.4 Å². The summed E-state index contributed by atoms with van der Waals surface area (Å²) in [6.07, 6.45) is 2.41. The summed E-state index contributed by atoms with van der Waals surface area (Å²) < 4.78 is 25.6. The van der Waals surface area contributed by atoms with Crippen molar-refractivity contribution >= 4 is 38.4 Å². The normalized spacial score (nSPS) is 17.3. The number of nitrogens with one attached hydrogen (secondary N) is 1. The third-order valence-electron chi connectivity index (χ3n) is 6.20. The van der Waals surface area contributed by atoms with E-state index in [-0.39, 0.29) is 29.2 Å². The number of hydrogen-bond acceptors (Lipinski definition) is 6. The monoisotopic (exact) mass is 495 g/mol. The summed E-state index contributed by atoms with van der Waals surface area (Å²) in [6, 6.07) is 15.8. The van der Waals surface area contributed by atoms with Gasteiger partial charge in [-0.25, -0.2) is 8.42 Å². The number of carbonyl (C=O) groups is 1. The minimum absolute atomic E-state index is 0.0318. The molecule has 1 aliphatic rings. The highest BCUT2D eigenvalue weighted by atomic mass is 32.2. The molecule has 1 saturated heterocycles. The van der Waals surface area contributed by atoms with Gasteiger partial charge in [0.1, 0.15) is 0 Å². The largest absolute Gasteiger partial charge is 0.360 e. The number of H-pyrrole nitrogens is 1. The number of aryl methyl sites for hydroxylation is 1. The molecular formula is C24H25N5O3S2. The molecule has 0 spiro atoms. The quantitative estimate of drug-likeness (QED) is 0.411. The first-order valence-corrected chi connectivity index (χ1v) is 13.8. The van der Waals surface area contributed by atoms with E-state index < -0.39 is 9.84 Å². The summed E-state index contributed by atoms with van der Waals surface area (Å²) in [5.74, 6) is 0.875. The first-order chi connectivity index (χ1) is 16.3. The van der Waals surface area contributed by atoms with Crippen LogP contribution >= 0.6 is 11.8 Å². The molecule has 0 unspecified atom stereocenters. The molecule has 1 aliphatic heterocycles. The topological polar surface area (TPSA) is 101 Å². The van der Waals surface area contributed by atoms with Crippen molar-refractivity contribution < 1.29 is 13.2 Å². The van der Waals surface area contributed by atoms with Crippen molar-refractivity contribution in [2.45, 2.75) is 24.5 Å². The Morgan fingerprint density at radius 3 is 2.79 bits per heavy atom. The van der Waals surface area contributed by atoms with Gasteiger partial charge in [-0.05, 0) is 37.1 Å². The van der Waals surface area contributed by atoms with Crippen molar-refractivity contribution in [3.63, 3.8) is 0 Å². The van der Waals surface area contributed by atoms with Crippen molar-refractivity contribution in [1.29, 1.82) is 0 Å². The zero-order valence-corrected chi connectivity index (χ0v) is 20.6. The van der Waals surface area contributed by atoms with Crippen molar-refractivity contribution in [3.8, 4) is 17.1 Å². The van der Waals surface area contributed by atoms with Gasteiger partial charge >= 0.3 is 0 Å². The molecule has 4 aromatic rings. The van der Waals surface area contributed by atoms with E-state index in [0.717, 1.165) is 27.7 Å². The molecule has 0 saturated carbocycles. The summed E-state index contributed by atoms with van der Waals surface area (Å²) >= 11 is 1.30. The maximum Gasteiger partial charge on any atom is 0.233 e. The molecule has 2 aromatic carbocycles. The molecule has 10 heteroatoms. The second-order valence-corrected chi connectivity index (χ2v) is 11.7. The summed E-state index contributed by atoms with van der Waals surface area (Å²) in [5, 5.41) is 10.6. The zero-order chi connectivity index (χ0) is 23.9. The minimum atomic E-state index is -3.06. The molecule has 3 heterocycles. The van der Waals surface area contributed by atoms with Gasteiger partial charge in [0.2, 0.25) is 5.91 Å². The molecule has 1 fully saturated rings. The third kappa shape index (κ3) is 4.35. The van der Waals surface area contributed by atoms with E-state index in [1.807, 2.05) is 60.2 Å². The molecule has 34 heavy (non-hydrogen) atoms. The number of para-hydroxylation sites is 1. The number of rotatable bonds is 6. The van der Waals surface area contributed by atoms with Crippen LogP contribution in [0.5, 0.6) is 0 Å². The van der Waals surface area contributed by atoms with E-state index in [4.69, 9.17) is 0 Å². The Labute approximate surface area is 202 Å².